The maximum atomic E-state index is 12.3. The number of aromatic nitrogens is 1. The van der Waals surface area contributed by atoms with E-state index in [2.05, 4.69) is 10.3 Å². The van der Waals surface area contributed by atoms with E-state index in [0.29, 0.717) is 12.4 Å². The van der Waals surface area contributed by atoms with Crippen LogP contribution < -0.4 is 11.1 Å². The van der Waals surface area contributed by atoms with Crippen molar-refractivity contribution < 1.29 is 14.3 Å². The minimum absolute atomic E-state index is 0.0527. The fourth-order valence-electron chi connectivity index (χ4n) is 2.40. The molecule has 1 aliphatic rings. The van der Waals surface area contributed by atoms with Gasteiger partial charge in [0.25, 0.3) is 5.91 Å². The molecule has 108 valence electrons. The van der Waals surface area contributed by atoms with E-state index in [4.69, 9.17) is 10.5 Å². The fourth-order valence-corrected chi connectivity index (χ4v) is 2.40. The Bertz CT molecular complexity index is 504. The summed E-state index contributed by atoms with van der Waals surface area (Å²) in [6.07, 6.45) is 2.43. The second-order valence-corrected chi connectivity index (χ2v) is 4.83. The number of hydrogen-bond acceptors (Lipinski definition) is 4. The number of hydrogen-bond donors (Lipinski definition) is 2. The highest BCUT2D eigenvalue weighted by atomic mass is 16.5. The average Bonchev–Trinajstić information content (AvgIpc) is 2.47. The van der Waals surface area contributed by atoms with E-state index in [1.165, 1.54) is 6.07 Å². The predicted octanol–water partition coefficient (Wildman–Crippen LogP) is 1.32. The molecule has 1 saturated heterocycles. The van der Waals surface area contributed by atoms with Crippen LogP contribution in [0, 0.1) is 5.92 Å². The normalized spacial score (nSPS) is 22.2. The molecule has 0 bridgehead atoms. The molecule has 1 fully saturated rings. The molecule has 2 atom stereocenters. The fraction of sp³-hybridized carbons (Fsp3) is 0.500. The second-order valence-electron chi connectivity index (χ2n) is 4.83. The van der Waals surface area contributed by atoms with Crippen LogP contribution >= 0.6 is 0 Å². The van der Waals surface area contributed by atoms with Gasteiger partial charge in [-0.25, -0.2) is 4.98 Å². The smallest absolute Gasteiger partial charge is 0.267 e. The van der Waals surface area contributed by atoms with Crippen molar-refractivity contribution in [2.75, 3.05) is 11.9 Å². The number of carbonyl (C=O) groups excluding carboxylic acids is 2. The summed E-state index contributed by atoms with van der Waals surface area (Å²) in [5, 5.41) is 2.73. The van der Waals surface area contributed by atoms with Gasteiger partial charge in [0.15, 0.2) is 0 Å². The highest BCUT2D eigenvalue weighted by Crippen LogP contribution is 2.24. The quantitative estimate of drug-likeness (QED) is 0.868. The van der Waals surface area contributed by atoms with Gasteiger partial charge >= 0.3 is 0 Å². The van der Waals surface area contributed by atoms with Crippen molar-refractivity contribution in [1.29, 1.82) is 0 Å². The number of anilines is 1. The average molecular weight is 277 g/mol. The Labute approximate surface area is 117 Å². The third-order valence-corrected chi connectivity index (χ3v) is 3.43. The molecule has 3 N–H and O–H groups in total. The highest BCUT2D eigenvalue weighted by molar-refractivity contribution is 5.94. The van der Waals surface area contributed by atoms with Crippen LogP contribution in [0.4, 0.5) is 5.82 Å². The van der Waals surface area contributed by atoms with E-state index in [9.17, 15) is 9.59 Å². The molecule has 0 spiro atoms. The van der Waals surface area contributed by atoms with Crippen LogP contribution in [0.3, 0.4) is 0 Å². The summed E-state index contributed by atoms with van der Waals surface area (Å²) in [4.78, 5) is 27.3. The first-order valence-corrected chi connectivity index (χ1v) is 6.81. The van der Waals surface area contributed by atoms with E-state index in [1.807, 2.05) is 6.92 Å². The maximum Gasteiger partial charge on any atom is 0.267 e. The lowest BCUT2D eigenvalue weighted by atomic mass is 9.92. The van der Waals surface area contributed by atoms with Gasteiger partial charge in [0, 0.05) is 6.61 Å². The van der Waals surface area contributed by atoms with Crippen LogP contribution in [0.15, 0.2) is 18.2 Å². The Hall–Kier alpha value is -1.95. The molecule has 6 nitrogen and oxygen atoms in total. The second kappa shape index (κ2) is 6.47. The highest BCUT2D eigenvalue weighted by Gasteiger charge is 2.30. The Morgan fingerprint density at radius 2 is 2.30 bits per heavy atom. The SMILES string of the molecule is CCC1OCCCC1C(=O)Nc1cccc(C(N)=O)n1. The third-order valence-electron chi connectivity index (χ3n) is 3.43. The molecule has 0 aliphatic carbocycles. The lowest BCUT2D eigenvalue weighted by Gasteiger charge is -2.29. The van der Waals surface area contributed by atoms with E-state index in [0.717, 1.165) is 19.3 Å². The molecular weight excluding hydrogens is 258 g/mol. The predicted molar refractivity (Wildman–Crippen MR) is 74.1 cm³/mol. The third kappa shape index (κ3) is 3.33. The zero-order valence-corrected chi connectivity index (χ0v) is 11.5. The van der Waals surface area contributed by atoms with Crippen LogP contribution in [0.25, 0.3) is 0 Å². The van der Waals surface area contributed by atoms with Crippen LogP contribution in [0.5, 0.6) is 0 Å². The first-order valence-electron chi connectivity index (χ1n) is 6.81. The first kappa shape index (κ1) is 14.5. The lowest BCUT2D eigenvalue weighted by Crippen LogP contribution is -2.38. The van der Waals surface area contributed by atoms with E-state index in [-0.39, 0.29) is 23.6 Å². The van der Waals surface area contributed by atoms with Gasteiger partial charge in [-0.1, -0.05) is 13.0 Å². The number of pyridine rings is 1. The summed E-state index contributed by atoms with van der Waals surface area (Å²) in [7, 11) is 0. The Morgan fingerprint density at radius 3 is 3.00 bits per heavy atom. The molecule has 6 heteroatoms. The molecule has 1 aromatic rings. The van der Waals surface area contributed by atoms with Gasteiger partial charge in [0.2, 0.25) is 5.91 Å². The molecule has 2 rings (SSSR count). The van der Waals surface area contributed by atoms with E-state index < -0.39 is 5.91 Å². The number of primary amides is 1. The van der Waals surface area contributed by atoms with Gasteiger partial charge in [-0.15, -0.1) is 0 Å². The summed E-state index contributed by atoms with van der Waals surface area (Å²) in [6.45, 7) is 2.71. The largest absolute Gasteiger partial charge is 0.377 e. The molecule has 20 heavy (non-hydrogen) atoms. The van der Waals surface area contributed by atoms with Crippen molar-refractivity contribution in [3.63, 3.8) is 0 Å². The summed E-state index contributed by atoms with van der Waals surface area (Å²) in [6, 6.07) is 4.78. The monoisotopic (exact) mass is 277 g/mol. The van der Waals surface area contributed by atoms with Crippen LogP contribution in [-0.4, -0.2) is 29.5 Å². The van der Waals surface area contributed by atoms with Gasteiger partial charge < -0.3 is 15.8 Å². The van der Waals surface area contributed by atoms with Crippen LogP contribution in [-0.2, 0) is 9.53 Å². The molecule has 1 aliphatic heterocycles. The van der Waals surface area contributed by atoms with Crippen LogP contribution in [0.1, 0.15) is 36.7 Å². The number of ether oxygens (including phenoxy) is 1. The van der Waals surface area contributed by atoms with Crippen molar-refractivity contribution >= 4 is 17.6 Å². The maximum absolute atomic E-state index is 12.3. The van der Waals surface area contributed by atoms with Crippen molar-refractivity contribution in [3.05, 3.63) is 23.9 Å². The molecule has 0 radical (unpaired) electrons. The number of nitrogens with zero attached hydrogens (tertiary/aromatic N) is 1. The molecule has 0 aromatic carbocycles. The van der Waals surface area contributed by atoms with Gasteiger partial charge in [-0.3, -0.25) is 9.59 Å². The summed E-state index contributed by atoms with van der Waals surface area (Å²) in [5.74, 6) is -0.571. The van der Waals surface area contributed by atoms with Crippen molar-refractivity contribution in [3.8, 4) is 0 Å². The molecule has 0 saturated carbocycles. The number of nitrogens with one attached hydrogen (secondary N) is 1. The molecule has 1 aromatic heterocycles. The van der Waals surface area contributed by atoms with Crippen molar-refractivity contribution in [2.24, 2.45) is 11.7 Å². The summed E-state index contributed by atoms with van der Waals surface area (Å²) in [5.41, 5.74) is 5.30. The molecule has 2 unspecified atom stereocenters. The zero-order valence-electron chi connectivity index (χ0n) is 11.5. The zero-order chi connectivity index (χ0) is 14.5. The minimum Gasteiger partial charge on any atom is -0.377 e. The van der Waals surface area contributed by atoms with Crippen LogP contribution in [0.2, 0.25) is 0 Å². The number of carbonyl (C=O) groups is 2. The molecular formula is C14H19N3O3. The summed E-state index contributed by atoms with van der Waals surface area (Å²) < 4.78 is 5.61. The van der Waals surface area contributed by atoms with Gasteiger partial charge in [0.05, 0.1) is 12.0 Å². The Morgan fingerprint density at radius 1 is 1.50 bits per heavy atom. The van der Waals surface area contributed by atoms with Gasteiger partial charge in [0.1, 0.15) is 11.5 Å². The lowest BCUT2D eigenvalue weighted by molar-refractivity contribution is -0.129. The Kier molecular flexibility index (Phi) is 4.68. The van der Waals surface area contributed by atoms with E-state index >= 15 is 0 Å². The van der Waals surface area contributed by atoms with Gasteiger partial charge in [-0.2, -0.15) is 0 Å². The Balaban J connectivity index is 2.06. The van der Waals surface area contributed by atoms with E-state index in [1.54, 1.807) is 12.1 Å². The van der Waals surface area contributed by atoms with Crippen molar-refractivity contribution in [2.45, 2.75) is 32.3 Å². The first-order chi connectivity index (χ1) is 9.61. The number of nitrogens with two attached hydrogens (primary N) is 1. The topological polar surface area (TPSA) is 94.3 Å². The number of rotatable bonds is 4. The van der Waals surface area contributed by atoms with Gasteiger partial charge in [-0.05, 0) is 31.4 Å². The van der Waals surface area contributed by atoms with Crippen molar-refractivity contribution in [1.82, 2.24) is 4.98 Å². The molecule has 2 amide bonds. The summed E-state index contributed by atoms with van der Waals surface area (Å²) >= 11 is 0. The standard InChI is InChI=1S/C14H19N3O3/c1-2-11-9(5-4-8-20-11)14(19)17-12-7-3-6-10(16-12)13(15)18/h3,6-7,9,11H,2,4-5,8H2,1H3,(H2,15,18)(H,16,17,19). The minimum atomic E-state index is -0.617. The number of amides is 2. The molecule has 2 heterocycles.